The lowest BCUT2D eigenvalue weighted by molar-refractivity contribution is -0.404. The summed E-state index contributed by atoms with van der Waals surface area (Å²) in [6, 6.07) is 4.37. The van der Waals surface area contributed by atoms with Gasteiger partial charge in [-0.1, -0.05) is 19.3 Å². The van der Waals surface area contributed by atoms with Gasteiger partial charge in [-0.05, 0) is 39.1 Å². The second kappa shape index (κ2) is 11.1. The quantitative estimate of drug-likeness (QED) is 0.345. The van der Waals surface area contributed by atoms with Crippen molar-refractivity contribution in [3.63, 3.8) is 0 Å². The molecular formula is C18H30N4O3S. The fourth-order valence-corrected chi connectivity index (χ4v) is 3.78. The Hall–Kier alpha value is -1.67. The third kappa shape index (κ3) is 8.14. The second-order valence-corrected chi connectivity index (χ2v) is 8.00. The number of rotatable bonds is 11. The predicted molar refractivity (Wildman–Crippen MR) is 105 cm³/mol. The van der Waals surface area contributed by atoms with Gasteiger partial charge in [-0.3, -0.25) is 10.1 Å². The molecule has 1 aliphatic rings. The Morgan fingerprint density at radius 2 is 2.08 bits per heavy atom. The van der Waals surface area contributed by atoms with Crippen LogP contribution in [0.25, 0.3) is 0 Å². The van der Waals surface area contributed by atoms with Crippen LogP contribution in [-0.4, -0.2) is 42.3 Å². The van der Waals surface area contributed by atoms with Crippen molar-refractivity contribution < 1.29 is 9.34 Å². The minimum absolute atomic E-state index is 0.341. The Morgan fingerprint density at radius 3 is 2.77 bits per heavy atom. The van der Waals surface area contributed by atoms with Crippen molar-refractivity contribution in [2.45, 2.75) is 50.4 Å². The van der Waals surface area contributed by atoms with E-state index in [9.17, 15) is 10.1 Å². The Bertz CT molecular complexity index is 583. The summed E-state index contributed by atoms with van der Waals surface area (Å²) in [4.78, 5) is 12.5. The molecule has 1 fully saturated rings. The van der Waals surface area contributed by atoms with Crippen LogP contribution in [0.3, 0.4) is 0 Å². The molecule has 1 heterocycles. The van der Waals surface area contributed by atoms with E-state index in [2.05, 4.69) is 15.5 Å². The first-order valence-electron chi connectivity index (χ1n) is 9.18. The Balaban J connectivity index is 1.68. The third-order valence-corrected chi connectivity index (χ3v) is 5.18. The lowest BCUT2D eigenvalue weighted by atomic mass is 9.95. The molecule has 0 spiro atoms. The first kappa shape index (κ1) is 20.6. The third-order valence-electron chi connectivity index (χ3n) is 4.19. The number of hydrogen-bond acceptors (Lipinski definition) is 7. The molecule has 0 aliphatic heterocycles. The van der Waals surface area contributed by atoms with Gasteiger partial charge in [-0.25, -0.2) is 0 Å². The van der Waals surface area contributed by atoms with E-state index in [1.54, 1.807) is 11.8 Å². The molecule has 0 radical (unpaired) electrons. The van der Waals surface area contributed by atoms with E-state index >= 15 is 0 Å². The van der Waals surface area contributed by atoms with Crippen LogP contribution in [0.4, 0.5) is 0 Å². The highest BCUT2D eigenvalue weighted by Gasteiger charge is 2.15. The van der Waals surface area contributed by atoms with Crippen molar-refractivity contribution >= 4 is 11.8 Å². The lowest BCUT2D eigenvalue weighted by Crippen LogP contribution is -2.37. The first-order chi connectivity index (χ1) is 12.5. The number of nitrogens with one attached hydrogen (secondary N) is 2. The highest BCUT2D eigenvalue weighted by molar-refractivity contribution is 7.98. The molecule has 26 heavy (non-hydrogen) atoms. The molecule has 0 bridgehead atoms. The highest BCUT2D eigenvalue weighted by Crippen LogP contribution is 2.18. The molecule has 146 valence electrons. The van der Waals surface area contributed by atoms with Gasteiger partial charge >= 0.3 is 0 Å². The Kier molecular flexibility index (Phi) is 8.84. The largest absolute Gasteiger partial charge is 0.464 e. The smallest absolute Gasteiger partial charge is 0.274 e. The number of hydrogen-bond donors (Lipinski definition) is 2. The van der Waals surface area contributed by atoms with Gasteiger partial charge in [-0.15, -0.1) is 0 Å². The summed E-state index contributed by atoms with van der Waals surface area (Å²) in [6.07, 6.45) is 6.86. The Morgan fingerprint density at radius 1 is 1.35 bits per heavy atom. The summed E-state index contributed by atoms with van der Waals surface area (Å²) in [5, 5.41) is 17.3. The van der Waals surface area contributed by atoms with Crippen LogP contribution in [0, 0.1) is 10.1 Å². The van der Waals surface area contributed by atoms with Gasteiger partial charge < -0.3 is 20.0 Å². The van der Waals surface area contributed by atoms with Gasteiger partial charge in [0.2, 0.25) is 0 Å². The van der Waals surface area contributed by atoms with E-state index in [1.807, 2.05) is 26.2 Å². The van der Waals surface area contributed by atoms with Crippen molar-refractivity contribution in [3.8, 4) is 0 Å². The van der Waals surface area contributed by atoms with Gasteiger partial charge in [-0.2, -0.15) is 11.8 Å². The first-order valence-corrected chi connectivity index (χ1v) is 10.3. The minimum Gasteiger partial charge on any atom is -0.464 e. The zero-order valence-corrected chi connectivity index (χ0v) is 16.5. The molecule has 1 aromatic rings. The van der Waals surface area contributed by atoms with E-state index < -0.39 is 4.92 Å². The van der Waals surface area contributed by atoms with Crippen LogP contribution in [-0.2, 0) is 12.3 Å². The molecule has 0 saturated heterocycles. The summed E-state index contributed by atoms with van der Waals surface area (Å²) in [6.45, 7) is 1.48. The second-order valence-electron chi connectivity index (χ2n) is 6.89. The van der Waals surface area contributed by atoms with E-state index in [1.165, 1.54) is 19.3 Å². The highest BCUT2D eigenvalue weighted by atomic mass is 32.2. The normalized spacial score (nSPS) is 16.0. The van der Waals surface area contributed by atoms with E-state index in [0.29, 0.717) is 18.4 Å². The van der Waals surface area contributed by atoms with Gasteiger partial charge in [0.1, 0.15) is 11.5 Å². The molecule has 8 heteroatoms. The molecule has 0 amide bonds. The van der Waals surface area contributed by atoms with E-state index in [0.717, 1.165) is 48.6 Å². The standard InChI is InChI=1S/C18H30N4O3S/c1-21(2)12-16-8-9-17(25-16)14-26-11-10-19-18(13-22(23)24)20-15-6-4-3-5-7-15/h8-9,13,15,19-20H,3-7,10-12,14H2,1-2H3/b18-13-. The minimum atomic E-state index is -0.402. The topological polar surface area (TPSA) is 83.6 Å². The van der Waals surface area contributed by atoms with Crippen LogP contribution in [0.5, 0.6) is 0 Å². The number of furan rings is 1. The van der Waals surface area contributed by atoms with Crippen LogP contribution in [0.2, 0.25) is 0 Å². The predicted octanol–water partition coefficient (Wildman–Crippen LogP) is 3.16. The maximum atomic E-state index is 10.8. The van der Waals surface area contributed by atoms with Crippen molar-refractivity contribution in [2.75, 3.05) is 26.4 Å². The Labute approximate surface area is 159 Å². The van der Waals surface area contributed by atoms with Gasteiger partial charge in [0.15, 0.2) is 5.82 Å². The van der Waals surface area contributed by atoms with Crippen molar-refractivity contribution in [2.24, 2.45) is 0 Å². The number of thioether (sulfide) groups is 1. The fraction of sp³-hybridized carbons (Fsp3) is 0.667. The lowest BCUT2D eigenvalue weighted by Gasteiger charge is -2.24. The summed E-state index contributed by atoms with van der Waals surface area (Å²) in [5.41, 5.74) is 0. The molecule has 2 N–H and O–H groups in total. The van der Waals surface area contributed by atoms with E-state index in [4.69, 9.17) is 4.42 Å². The van der Waals surface area contributed by atoms with Crippen LogP contribution in [0.1, 0.15) is 43.6 Å². The van der Waals surface area contributed by atoms with Crippen molar-refractivity contribution in [3.05, 3.63) is 45.8 Å². The van der Waals surface area contributed by atoms with Crippen LogP contribution < -0.4 is 10.6 Å². The summed E-state index contributed by atoms with van der Waals surface area (Å²) in [7, 11) is 4.03. The molecule has 1 aliphatic carbocycles. The molecule has 0 unspecified atom stereocenters. The van der Waals surface area contributed by atoms with Gasteiger partial charge in [0.05, 0.1) is 17.2 Å². The van der Waals surface area contributed by atoms with Gasteiger partial charge in [0, 0.05) is 18.3 Å². The number of nitrogens with zero attached hydrogens (tertiary/aromatic N) is 2. The van der Waals surface area contributed by atoms with Crippen molar-refractivity contribution in [1.29, 1.82) is 0 Å². The van der Waals surface area contributed by atoms with Crippen molar-refractivity contribution in [1.82, 2.24) is 15.5 Å². The molecule has 0 aromatic carbocycles. The molecule has 7 nitrogen and oxygen atoms in total. The van der Waals surface area contributed by atoms with Gasteiger partial charge in [0.25, 0.3) is 6.20 Å². The molecule has 2 rings (SSSR count). The number of nitro groups is 1. The monoisotopic (exact) mass is 382 g/mol. The van der Waals surface area contributed by atoms with Crippen LogP contribution >= 0.6 is 11.8 Å². The molecular weight excluding hydrogens is 352 g/mol. The van der Waals surface area contributed by atoms with E-state index in [-0.39, 0.29) is 0 Å². The average molecular weight is 383 g/mol. The van der Waals surface area contributed by atoms with Crippen LogP contribution in [0.15, 0.2) is 28.6 Å². The fourth-order valence-electron chi connectivity index (χ4n) is 3.03. The molecule has 0 atom stereocenters. The SMILES string of the molecule is CN(C)Cc1ccc(CSCCN/C(=C/[N+](=O)[O-])NC2CCCCC2)o1. The zero-order valence-electron chi connectivity index (χ0n) is 15.7. The summed E-state index contributed by atoms with van der Waals surface area (Å²) < 4.78 is 5.78. The summed E-state index contributed by atoms with van der Waals surface area (Å²) in [5.74, 6) is 4.11. The maximum absolute atomic E-state index is 10.8. The summed E-state index contributed by atoms with van der Waals surface area (Å²) >= 11 is 1.75. The zero-order chi connectivity index (χ0) is 18.8. The molecule has 1 aromatic heterocycles. The molecule has 1 saturated carbocycles. The maximum Gasteiger partial charge on any atom is 0.274 e. The average Bonchev–Trinajstić information content (AvgIpc) is 3.01.